The van der Waals surface area contributed by atoms with Gasteiger partial charge in [-0.25, -0.2) is 4.68 Å². The Morgan fingerprint density at radius 3 is 3.00 bits per heavy atom. The van der Waals surface area contributed by atoms with Crippen LogP contribution >= 0.6 is 23.2 Å². The number of carbonyl (C=O) groups is 1. The van der Waals surface area contributed by atoms with Gasteiger partial charge in [0.05, 0.1) is 12.7 Å². The van der Waals surface area contributed by atoms with Crippen molar-refractivity contribution in [2.45, 2.75) is 32.2 Å². The summed E-state index contributed by atoms with van der Waals surface area (Å²) in [4.78, 5) is 12.2. The van der Waals surface area contributed by atoms with Crippen molar-refractivity contribution >= 4 is 34.9 Å². The first-order valence-electron chi connectivity index (χ1n) is 8.45. The molecular weight excluding hydrogens is 361 g/mol. The third-order valence-electron chi connectivity index (χ3n) is 4.35. The van der Waals surface area contributed by atoms with E-state index in [9.17, 15) is 4.79 Å². The highest BCUT2D eigenvalue weighted by molar-refractivity contribution is 6.35. The van der Waals surface area contributed by atoms with Gasteiger partial charge < -0.3 is 10.1 Å². The Morgan fingerprint density at radius 1 is 1.36 bits per heavy atom. The average Bonchev–Trinajstić information content (AvgIpc) is 3.03. The minimum Gasteiger partial charge on any atom is -0.381 e. The van der Waals surface area contributed by atoms with Crippen LogP contribution < -0.4 is 5.32 Å². The van der Waals surface area contributed by atoms with Crippen LogP contribution in [0.15, 0.2) is 30.5 Å². The summed E-state index contributed by atoms with van der Waals surface area (Å²) >= 11 is 12.1. The van der Waals surface area contributed by atoms with Gasteiger partial charge in [-0.05, 0) is 42.9 Å². The molecule has 1 aliphatic heterocycles. The number of anilines is 1. The predicted molar refractivity (Wildman–Crippen MR) is 99.2 cm³/mol. The van der Waals surface area contributed by atoms with Gasteiger partial charge in [0.15, 0.2) is 0 Å². The number of carbonyl (C=O) groups excluding carboxylic acids is 1. The summed E-state index contributed by atoms with van der Waals surface area (Å²) in [5, 5.41) is 8.37. The molecule has 0 spiro atoms. The number of amides is 1. The molecule has 2 heterocycles. The minimum atomic E-state index is -0.00507. The molecule has 1 atom stereocenters. The highest BCUT2D eigenvalue weighted by atomic mass is 35.5. The van der Waals surface area contributed by atoms with Gasteiger partial charge in [0.25, 0.3) is 0 Å². The molecule has 2 aromatic rings. The first-order valence-corrected chi connectivity index (χ1v) is 9.21. The summed E-state index contributed by atoms with van der Waals surface area (Å²) in [5.41, 5.74) is 0.893. The van der Waals surface area contributed by atoms with Crippen LogP contribution in [0.5, 0.6) is 0 Å². The molecule has 1 aromatic carbocycles. The molecule has 3 rings (SSSR count). The van der Waals surface area contributed by atoms with E-state index in [1.165, 1.54) is 0 Å². The van der Waals surface area contributed by atoms with Crippen molar-refractivity contribution in [3.8, 4) is 0 Å². The van der Waals surface area contributed by atoms with E-state index in [0.29, 0.717) is 34.7 Å². The van der Waals surface area contributed by atoms with Crippen LogP contribution in [0.25, 0.3) is 0 Å². The van der Waals surface area contributed by atoms with Gasteiger partial charge in [-0.2, -0.15) is 5.10 Å². The van der Waals surface area contributed by atoms with Crippen LogP contribution in [-0.4, -0.2) is 28.9 Å². The van der Waals surface area contributed by atoms with E-state index in [0.717, 1.165) is 38.0 Å². The van der Waals surface area contributed by atoms with Crippen LogP contribution in [0.2, 0.25) is 10.0 Å². The van der Waals surface area contributed by atoms with Crippen molar-refractivity contribution in [3.63, 3.8) is 0 Å². The van der Waals surface area contributed by atoms with E-state index < -0.39 is 0 Å². The maximum Gasteiger partial charge on any atom is 0.225 e. The smallest absolute Gasteiger partial charge is 0.225 e. The van der Waals surface area contributed by atoms with Gasteiger partial charge >= 0.3 is 0 Å². The highest BCUT2D eigenvalue weighted by Gasteiger charge is 2.16. The lowest BCUT2D eigenvalue weighted by Crippen LogP contribution is -2.21. The van der Waals surface area contributed by atoms with Gasteiger partial charge in [0, 0.05) is 35.7 Å². The van der Waals surface area contributed by atoms with E-state index in [1.807, 2.05) is 6.07 Å². The van der Waals surface area contributed by atoms with Gasteiger partial charge in [-0.3, -0.25) is 4.79 Å². The van der Waals surface area contributed by atoms with Gasteiger partial charge in [-0.1, -0.05) is 29.3 Å². The van der Waals surface area contributed by atoms with E-state index in [1.54, 1.807) is 29.1 Å². The van der Waals surface area contributed by atoms with Crippen molar-refractivity contribution in [1.82, 2.24) is 9.78 Å². The molecule has 7 heteroatoms. The second-order valence-electron chi connectivity index (χ2n) is 6.28. The maximum atomic E-state index is 12.2. The molecule has 1 N–H and O–H groups in total. The molecule has 0 radical (unpaired) electrons. The third kappa shape index (κ3) is 5.21. The highest BCUT2D eigenvalue weighted by Crippen LogP contribution is 2.23. The number of halogens is 2. The molecule has 134 valence electrons. The molecule has 0 aliphatic carbocycles. The predicted octanol–water partition coefficient (Wildman–Crippen LogP) is 4.38. The first kappa shape index (κ1) is 18.2. The number of rotatable bonds is 6. The number of nitrogens with zero attached hydrogens (tertiary/aromatic N) is 2. The number of hydrogen-bond donors (Lipinski definition) is 1. The zero-order chi connectivity index (χ0) is 17.6. The minimum absolute atomic E-state index is 0.00507. The lowest BCUT2D eigenvalue weighted by Gasteiger charge is -2.21. The average molecular weight is 382 g/mol. The summed E-state index contributed by atoms with van der Waals surface area (Å²) < 4.78 is 7.18. The number of benzene rings is 1. The fraction of sp³-hybridized carbons (Fsp3) is 0.444. The Kier molecular flexibility index (Phi) is 6.34. The Bertz CT molecular complexity index is 727. The maximum absolute atomic E-state index is 12.2. The van der Waals surface area contributed by atoms with Gasteiger partial charge in [-0.15, -0.1) is 0 Å². The van der Waals surface area contributed by atoms with E-state index >= 15 is 0 Å². The molecule has 1 fully saturated rings. The second-order valence-corrected chi connectivity index (χ2v) is 7.12. The summed E-state index contributed by atoms with van der Waals surface area (Å²) in [6.45, 7) is 2.07. The molecule has 5 nitrogen and oxygen atoms in total. The van der Waals surface area contributed by atoms with E-state index in [-0.39, 0.29) is 5.91 Å². The van der Waals surface area contributed by atoms with Crippen molar-refractivity contribution in [1.29, 1.82) is 0 Å². The Balaban J connectivity index is 1.56. The zero-order valence-electron chi connectivity index (χ0n) is 13.9. The number of hydrogen-bond acceptors (Lipinski definition) is 3. The molecule has 25 heavy (non-hydrogen) atoms. The molecule has 0 bridgehead atoms. The topological polar surface area (TPSA) is 56.1 Å². The van der Waals surface area contributed by atoms with Gasteiger partial charge in [0.2, 0.25) is 5.91 Å². The Morgan fingerprint density at radius 2 is 2.24 bits per heavy atom. The summed E-state index contributed by atoms with van der Waals surface area (Å²) in [7, 11) is 0. The van der Waals surface area contributed by atoms with Crippen LogP contribution in [0.4, 0.5) is 5.82 Å². The molecule has 1 unspecified atom stereocenters. The van der Waals surface area contributed by atoms with Crippen LogP contribution in [-0.2, 0) is 16.1 Å². The van der Waals surface area contributed by atoms with Crippen LogP contribution in [0.3, 0.4) is 0 Å². The summed E-state index contributed by atoms with van der Waals surface area (Å²) in [6.07, 6.45) is 5.22. The van der Waals surface area contributed by atoms with Crippen molar-refractivity contribution in [2.75, 3.05) is 18.5 Å². The van der Waals surface area contributed by atoms with Crippen molar-refractivity contribution in [2.24, 2.45) is 5.92 Å². The summed E-state index contributed by atoms with van der Waals surface area (Å²) in [6, 6.07) is 7.13. The fourth-order valence-corrected chi connectivity index (χ4v) is 3.42. The second kappa shape index (κ2) is 8.70. The van der Waals surface area contributed by atoms with Crippen LogP contribution in [0.1, 0.15) is 31.2 Å². The lowest BCUT2D eigenvalue weighted by molar-refractivity contribution is -0.116. The van der Waals surface area contributed by atoms with Crippen molar-refractivity contribution in [3.05, 3.63) is 46.1 Å². The number of ether oxygens (including phenoxy) is 1. The monoisotopic (exact) mass is 381 g/mol. The fourth-order valence-electron chi connectivity index (χ4n) is 2.95. The third-order valence-corrected chi connectivity index (χ3v) is 4.94. The Hall–Kier alpha value is -1.56. The van der Waals surface area contributed by atoms with Gasteiger partial charge in [0.1, 0.15) is 5.82 Å². The molecule has 1 saturated heterocycles. The molecule has 1 aliphatic rings. The summed E-state index contributed by atoms with van der Waals surface area (Å²) in [5.74, 6) is 1.14. The molecule has 1 amide bonds. The van der Waals surface area contributed by atoms with E-state index in [2.05, 4.69) is 10.4 Å². The standard InChI is InChI=1S/C18H21Cl2N3O2/c19-15-5-4-14(16(20)10-15)11-23-17(7-8-21-23)22-18(24)6-3-13-2-1-9-25-12-13/h4-5,7-8,10,13H,1-3,6,9,11-12H2,(H,22,24). The number of aromatic nitrogens is 2. The molecule has 1 aromatic heterocycles. The molecule has 0 saturated carbocycles. The van der Waals surface area contributed by atoms with Crippen molar-refractivity contribution < 1.29 is 9.53 Å². The largest absolute Gasteiger partial charge is 0.381 e. The molecular formula is C18H21Cl2N3O2. The lowest BCUT2D eigenvalue weighted by atomic mass is 9.97. The van der Waals surface area contributed by atoms with Crippen LogP contribution in [0, 0.1) is 5.92 Å². The number of nitrogens with one attached hydrogen (secondary N) is 1. The SMILES string of the molecule is O=C(CCC1CCCOC1)Nc1ccnn1Cc1ccc(Cl)cc1Cl. The first-order chi connectivity index (χ1) is 12.1. The Labute approximate surface area is 157 Å². The quantitative estimate of drug-likeness (QED) is 0.807. The van der Waals surface area contributed by atoms with E-state index in [4.69, 9.17) is 27.9 Å². The normalized spacial score (nSPS) is 17.4. The zero-order valence-corrected chi connectivity index (χ0v) is 15.4.